The van der Waals surface area contributed by atoms with E-state index < -0.39 is 11.6 Å². The highest BCUT2D eigenvalue weighted by molar-refractivity contribution is 5.95. The van der Waals surface area contributed by atoms with Gasteiger partial charge in [-0.2, -0.15) is 5.10 Å². The van der Waals surface area contributed by atoms with Crippen molar-refractivity contribution in [2.24, 2.45) is 5.41 Å². The summed E-state index contributed by atoms with van der Waals surface area (Å²) in [6, 6.07) is 3.27. The van der Waals surface area contributed by atoms with Gasteiger partial charge in [-0.1, -0.05) is 0 Å². The molecule has 2 aliphatic rings. The number of piperidine rings is 1. The topological polar surface area (TPSA) is 58.4 Å². The van der Waals surface area contributed by atoms with Crippen molar-refractivity contribution in [2.45, 2.75) is 38.7 Å². The van der Waals surface area contributed by atoms with Crippen molar-refractivity contribution in [3.05, 3.63) is 47.3 Å². The number of nitrogens with zero attached hydrogens (tertiary/aromatic N) is 3. The number of likely N-dealkylation sites (tertiary alicyclic amines) is 1. The first-order chi connectivity index (χ1) is 12.4. The Morgan fingerprint density at radius 2 is 2.00 bits per heavy atom. The van der Waals surface area contributed by atoms with E-state index in [0.29, 0.717) is 24.3 Å². The van der Waals surface area contributed by atoms with Gasteiger partial charge in [0.1, 0.15) is 11.5 Å². The molecular formula is C19H21F2N3O2. The maximum atomic E-state index is 14.0. The quantitative estimate of drug-likeness (QED) is 0.895. The molecule has 7 heteroatoms. The summed E-state index contributed by atoms with van der Waals surface area (Å²) in [6.07, 6.45) is 4.67. The number of carbonyl (C=O) groups excluding carboxylic acids is 1. The molecule has 4 rings (SSSR count). The molecule has 1 atom stereocenters. The fourth-order valence-electron chi connectivity index (χ4n) is 4.11. The fraction of sp³-hybridized carbons (Fsp3) is 0.474. The number of amides is 1. The molecule has 5 nitrogen and oxygen atoms in total. The smallest absolute Gasteiger partial charge is 0.257 e. The van der Waals surface area contributed by atoms with Gasteiger partial charge in [0, 0.05) is 19.2 Å². The molecule has 2 fully saturated rings. The Bertz CT molecular complexity index is 856. The number of benzene rings is 1. The average Bonchev–Trinajstić information content (AvgIpc) is 3.01. The summed E-state index contributed by atoms with van der Waals surface area (Å²) in [4.78, 5) is 14.6. The molecule has 0 radical (unpaired) electrons. The van der Waals surface area contributed by atoms with Gasteiger partial charge >= 0.3 is 0 Å². The zero-order valence-electron chi connectivity index (χ0n) is 14.6. The first kappa shape index (κ1) is 17.1. The summed E-state index contributed by atoms with van der Waals surface area (Å²) in [6.45, 7) is 2.90. The third-order valence-corrected chi connectivity index (χ3v) is 6.05. The van der Waals surface area contributed by atoms with Crippen LogP contribution in [0.1, 0.15) is 41.7 Å². The van der Waals surface area contributed by atoms with Gasteiger partial charge in [0.15, 0.2) is 5.82 Å². The minimum absolute atomic E-state index is 0.00670. The molecule has 1 amide bonds. The molecule has 1 aliphatic carbocycles. The maximum absolute atomic E-state index is 14.0. The Kier molecular flexibility index (Phi) is 4.06. The Labute approximate surface area is 150 Å². The number of aliphatic hydroxyl groups excluding tert-OH is 1. The molecule has 138 valence electrons. The van der Waals surface area contributed by atoms with E-state index in [9.17, 15) is 18.7 Å². The summed E-state index contributed by atoms with van der Waals surface area (Å²) in [5.41, 5.74) is 1.04. The van der Waals surface area contributed by atoms with E-state index in [2.05, 4.69) is 5.10 Å². The molecule has 1 saturated carbocycles. The Balaban J connectivity index is 1.54. The van der Waals surface area contributed by atoms with Crippen molar-refractivity contribution < 1.29 is 18.7 Å². The highest BCUT2D eigenvalue weighted by Crippen LogP contribution is 2.49. The van der Waals surface area contributed by atoms with Crippen molar-refractivity contribution in [3.63, 3.8) is 0 Å². The van der Waals surface area contributed by atoms with Crippen LogP contribution in [0.4, 0.5) is 8.78 Å². The predicted octanol–water partition coefficient (Wildman–Crippen LogP) is 2.84. The largest absolute Gasteiger partial charge is 0.393 e. The normalized spacial score (nSPS) is 21.7. The molecule has 1 N–H and O–H groups in total. The van der Waals surface area contributed by atoms with E-state index in [1.54, 1.807) is 11.8 Å². The standard InChI is InChI=1S/C19H21F2N3O2/c1-12-14(11-22-24(12)16-3-2-13(20)10-15(16)21)18(26)23-8-6-19(7-9-23)5-4-17(19)25/h2-3,10-11,17,25H,4-9H2,1H3. The Morgan fingerprint density at radius 1 is 1.27 bits per heavy atom. The van der Waals surface area contributed by atoms with E-state index in [0.717, 1.165) is 37.8 Å². The van der Waals surface area contributed by atoms with Crippen LogP contribution in [-0.2, 0) is 0 Å². The molecule has 1 aliphatic heterocycles. The van der Waals surface area contributed by atoms with Crippen molar-refractivity contribution in [2.75, 3.05) is 13.1 Å². The van der Waals surface area contributed by atoms with Crippen LogP contribution in [0.3, 0.4) is 0 Å². The van der Waals surface area contributed by atoms with Crippen molar-refractivity contribution in [1.82, 2.24) is 14.7 Å². The number of aromatic nitrogens is 2. The first-order valence-electron chi connectivity index (χ1n) is 8.89. The lowest BCUT2D eigenvalue weighted by Gasteiger charge is -2.51. The van der Waals surface area contributed by atoms with Gasteiger partial charge in [0.2, 0.25) is 0 Å². The minimum atomic E-state index is -0.728. The van der Waals surface area contributed by atoms with Crippen molar-refractivity contribution >= 4 is 5.91 Å². The predicted molar refractivity (Wildman–Crippen MR) is 91.0 cm³/mol. The van der Waals surface area contributed by atoms with Crippen LogP contribution in [0.15, 0.2) is 24.4 Å². The third kappa shape index (κ3) is 2.61. The van der Waals surface area contributed by atoms with Crippen LogP contribution in [0.25, 0.3) is 5.69 Å². The van der Waals surface area contributed by atoms with E-state index in [4.69, 9.17) is 0 Å². The van der Waals surface area contributed by atoms with Gasteiger partial charge in [0.05, 0.1) is 23.6 Å². The minimum Gasteiger partial charge on any atom is -0.393 e. The Morgan fingerprint density at radius 3 is 2.58 bits per heavy atom. The molecular weight excluding hydrogens is 340 g/mol. The summed E-state index contributed by atoms with van der Waals surface area (Å²) >= 11 is 0. The van der Waals surface area contributed by atoms with Crippen LogP contribution in [0.5, 0.6) is 0 Å². The van der Waals surface area contributed by atoms with Crippen molar-refractivity contribution in [1.29, 1.82) is 0 Å². The number of aliphatic hydroxyl groups is 1. The molecule has 0 bridgehead atoms. The fourth-order valence-corrected chi connectivity index (χ4v) is 4.11. The molecule has 1 aromatic heterocycles. The first-order valence-corrected chi connectivity index (χ1v) is 8.89. The average molecular weight is 361 g/mol. The molecule has 1 aromatic carbocycles. The van der Waals surface area contributed by atoms with E-state index in [-0.39, 0.29) is 23.1 Å². The van der Waals surface area contributed by atoms with Gasteiger partial charge < -0.3 is 10.0 Å². The SMILES string of the molecule is Cc1c(C(=O)N2CCC3(CCC3O)CC2)cnn1-c1ccc(F)cc1F. The Hall–Kier alpha value is -2.28. The van der Waals surface area contributed by atoms with Crippen LogP contribution in [0.2, 0.25) is 0 Å². The molecule has 26 heavy (non-hydrogen) atoms. The van der Waals surface area contributed by atoms with Gasteiger partial charge in [0.25, 0.3) is 5.91 Å². The lowest BCUT2D eigenvalue weighted by atomic mass is 9.61. The van der Waals surface area contributed by atoms with E-state index in [1.165, 1.54) is 16.9 Å². The highest BCUT2D eigenvalue weighted by atomic mass is 19.1. The number of rotatable bonds is 2. The maximum Gasteiger partial charge on any atom is 0.257 e. The van der Waals surface area contributed by atoms with Gasteiger partial charge in [-0.05, 0) is 50.2 Å². The van der Waals surface area contributed by atoms with E-state index >= 15 is 0 Å². The lowest BCUT2D eigenvalue weighted by molar-refractivity contribution is -0.0952. The second-order valence-electron chi connectivity index (χ2n) is 7.36. The number of hydrogen-bond donors (Lipinski definition) is 1. The molecule has 2 aromatic rings. The second kappa shape index (κ2) is 6.16. The zero-order chi connectivity index (χ0) is 18.5. The number of carbonyl (C=O) groups is 1. The molecule has 1 spiro atoms. The summed E-state index contributed by atoms with van der Waals surface area (Å²) in [5.74, 6) is -1.53. The highest BCUT2D eigenvalue weighted by Gasteiger charge is 2.48. The molecule has 2 heterocycles. The summed E-state index contributed by atoms with van der Waals surface area (Å²) < 4.78 is 28.5. The number of halogens is 2. The molecule has 1 saturated heterocycles. The molecule has 1 unspecified atom stereocenters. The zero-order valence-corrected chi connectivity index (χ0v) is 14.6. The van der Waals surface area contributed by atoms with Crippen LogP contribution in [-0.4, -0.2) is 44.9 Å². The van der Waals surface area contributed by atoms with Crippen LogP contribution < -0.4 is 0 Å². The lowest BCUT2D eigenvalue weighted by Crippen LogP contribution is -2.53. The van der Waals surface area contributed by atoms with E-state index in [1.807, 2.05) is 0 Å². The van der Waals surface area contributed by atoms with Gasteiger partial charge in [-0.25, -0.2) is 13.5 Å². The van der Waals surface area contributed by atoms with Crippen molar-refractivity contribution in [3.8, 4) is 5.69 Å². The summed E-state index contributed by atoms with van der Waals surface area (Å²) in [5, 5.41) is 14.1. The number of hydrogen-bond acceptors (Lipinski definition) is 3. The van der Waals surface area contributed by atoms with Crippen LogP contribution >= 0.6 is 0 Å². The second-order valence-corrected chi connectivity index (χ2v) is 7.36. The van der Waals surface area contributed by atoms with Gasteiger partial charge in [-0.15, -0.1) is 0 Å². The third-order valence-electron chi connectivity index (χ3n) is 6.05. The van der Waals surface area contributed by atoms with Crippen LogP contribution in [0, 0.1) is 24.0 Å². The monoisotopic (exact) mass is 361 g/mol. The van der Waals surface area contributed by atoms with Gasteiger partial charge in [-0.3, -0.25) is 4.79 Å². The summed E-state index contributed by atoms with van der Waals surface area (Å²) in [7, 11) is 0.